The average molecular weight is 406 g/mol. The molecule has 2 aromatic rings. The van der Waals surface area contributed by atoms with E-state index in [1.165, 1.54) is 0 Å². The molecule has 0 radical (unpaired) electrons. The zero-order valence-electron chi connectivity index (χ0n) is 10.2. The van der Waals surface area contributed by atoms with Crippen LogP contribution in [-0.4, -0.2) is 7.11 Å². The number of hydrogen-bond donors (Lipinski definition) is 1. The summed E-state index contributed by atoms with van der Waals surface area (Å²) in [6, 6.07) is 11.6. The first-order valence-electron chi connectivity index (χ1n) is 5.61. The van der Waals surface area contributed by atoms with Gasteiger partial charge in [0, 0.05) is 31.8 Å². The predicted octanol–water partition coefficient (Wildman–Crippen LogP) is 5.49. The Morgan fingerprint density at radius 2 is 1.95 bits per heavy atom. The standard InChI is InChI=1S/C14H12Br2ClNO/c1-19-14-5-2-10(15)6-9(14)8-18-13-4-3-11(17)7-12(13)16/h2-7,18H,8H2,1H3. The van der Waals surface area contributed by atoms with Crippen LogP contribution in [0.25, 0.3) is 0 Å². The van der Waals surface area contributed by atoms with Crippen LogP contribution in [0.5, 0.6) is 5.75 Å². The molecule has 0 aromatic heterocycles. The highest BCUT2D eigenvalue weighted by Crippen LogP contribution is 2.28. The molecule has 2 aromatic carbocycles. The topological polar surface area (TPSA) is 21.3 Å². The molecule has 0 saturated heterocycles. The van der Waals surface area contributed by atoms with E-state index in [9.17, 15) is 0 Å². The molecular weight excluding hydrogens is 393 g/mol. The molecule has 100 valence electrons. The van der Waals surface area contributed by atoms with Crippen molar-refractivity contribution in [1.29, 1.82) is 0 Å². The Morgan fingerprint density at radius 1 is 1.16 bits per heavy atom. The van der Waals surface area contributed by atoms with E-state index >= 15 is 0 Å². The Hall–Kier alpha value is -0.710. The second-order valence-electron chi connectivity index (χ2n) is 3.93. The molecule has 0 saturated carbocycles. The van der Waals surface area contributed by atoms with Crippen LogP contribution in [0, 0.1) is 0 Å². The first-order valence-corrected chi connectivity index (χ1v) is 7.58. The van der Waals surface area contributed by atoms with Crippen LogP contribution < -0.4 is 10.1 Å². The van der Waals surface area contributed by atoms with E-state index in [4.69, 9.17) is 16.3 Å². The summed E-state index contributed by atoms with van der Waals surface area (Å²) in [5, 5.41) is 4.06. The van der Waals surface area contributed by atoms with Crippen molar-refractivity contribution >= 4 is 49.1 Å². The first-order chi connectivity index (χ1) is 9.10. The Morgan fingerprint density at radius 3 is 2.63 bits per heavy atom. The summed E-state index contributed by atoms with van der Waals surface area (Å²) >= 11 is 12.9. The second kappa shape index (κ2) is 6.64. The molecule has 0 aliphatic rings. The van der Waals surface area contributed by atoms with Crippen LogP contribution in [0.1, 0.15) is 5.56 Å². The summed E-state index contributed by atoms with van der Waals surface area (Å²) in [6.45, 7) is 0.669. The van der Waals surface area contributed by atoms with Crippen LogP contribution in [0.15, 0.2) is 45.3 Å². The normalized spacial score (nSPS) is 10.3. The quantitative estimate of drug-likeness (QED) is 0.727. The molecule has 0 atom stereocenters. The van der Waals surface area contributed by atoms with Crippen molar-refractivity contribution in [2.75, 3.05) is 12.4 Å². The van der Waals surface area contributed by atoms with Gasteiger partial charge in [-0.05, 0) is 52.3 Å². The van der Waals surface area contributed by atoms with E-state index in [2.05, 4.69) is 37.2 Å². The summed E-state index contributed by atoms with van der Waals surface area (Å²) in [5.74, 6) is 0.862. The fourth-order valence-corrected chi connectivity index (χ4v) is 2.94. The van der Waals surface area contributed by atoms with Crippen LogP contribution >= 0.6 is 43.5 Å². The number of methoxy groups -OCH3 is 1. The van der Waals surface area contributed by atoms with Gasteiger partial charge in [-0.3, -0.25) is 0 Å². The number of nitrogens with one attached hydrogen (secondary N) is 1. The van der Waals surface area contributed by atoms with Gasteiger partial charge in [0.1, 0.15) is 5.75 Å². The summed E-state index contributed by atoms with van der Waals surface area (Å²) in [5.41, 5.74) is 2.07. The first kappa shape index (κ1) is 14.7. The molecule has 0 bridgehead atoms. The molecule has 19 heavy (non-hydrogen) atoms. The lowest BCUT2D eigenvalue weighted by atomic mass is 10.2. The van der Waals surface area contributed by atoms with Crippen molar-refractivity contribution in [3.05, 3.63) is 55.9 Å². The minimum atomic E-state index is 0.669. The van der Waals surface area contributed by atoms with Crippen molar-refractivity contribution in [2.45, 2.75) is 6.54 Å². The van der Waals surface area contributed by atoms with Crippen LogP contribution in [-0.2, 0) is 6.54 Å². The molecule has 2 rings (SSSR count). The van der Waals surface area contributed by atoms with Gasteiger partial charge in [0.05, 0.1) is 7.11 Å². The molecule has 0 heterocycles. The van der Waals surface area contributed by atoms with Crippen molar-refractivity contribution < 1.29 is 4.74 Å². The average Bonchev–Trinajstić information content (AvgIpc) is 2.38. The molecule has 0 fully saturated rings. The number of rotatable bonds is 4. The van der Waals surface area contributed by atoms with Gasteiger partial charge in [-0.2, -0.15) is 0 Å². The highest BCUT2D eigenvalue weighted by molar-refractivity contribution is 9.10. The van der Waals surface area contributed by atoms with Gasteiger partial charge < -0.3 is 10.1 Å². The Kier molecular flexibility index (Phi) is 5.13. The van der Waals surface area contributed by atoms with Crippen molar-refractivity contribution in [3.63, 3.8) is 0 Å². The van der Waals surface area contributed by atoms with Gasteiger partial charge in [0.25, 0.3) is 0 Å². The minimum Gasteiger partial charge on any atom is -0.496 e. The SMILES string of the molecule is COc1ccc(Br)cc1CNc1ccc(Cl)cc1Br. The summed E-state index contributed by atoms with van der Waals surface area (Å²) in [7, 11) is 1.67. The summed E-state index contributed by atoms with van der Waals surface area (Å²) < 4.78 is 7.31. The van der Waals surface area contributed by atoms with E-state index in [1.54, 1.807) is 7.11 Å². The third-order valence-corrected chi connectivity index (χ3v) is 4.03. The van der Waals surface area contributed by atoms with Crippen molar-refractivity contribution in [2.24, 2.45) is 0 Å². The third-order valence-electron chi connectivity index (χ3n) is 2.64. The number of anilines is 1. The molecule has 1 N–H and O–H groups in total. The number of halogens is 3. The molecule has 0 unspecified atom stereocenters. The molecule has 5 heteroatoms. The van der Waals surface area contributed by atoms with E-state index in [-0.39, 0.29) is 0 Å². The van der Waals surface area contributed by atoms with Crippen molar-refractivity contribution in [1.82, 2.24) is 0 Å². The van der Waals surface area contributed by atoms with Crippen molar-refractivity contribution in [3.8, 4) is 5.75 Å². The maximum Gasteiger partial charge on any atom is 0.123 e. The highest BCUT2D eigenvalue weighted by Gasteiger charge is 2.05. The van der Waals surface area contributed by atoms with Crippen LogP contribution in [0.3, 0.4) is 0 Å². The van der Waals surface area contributed by atoms with Gasteiger partial charge >= 0.3 is 0 Å². The zero-order chi connectivity index (χ0) is 13.8. The molecular formula is C14H12Br2ClNO. The van der Waals surface area contributed by atoms with Gasteiger partial charge in [-0.15, -0.1) is 0 Å². The van der Waals surface area contributed by atoms with Gasteiger partial charge in [0.15, 0.2) is 0 Å². The van der Waals surface area contributed by atoms with Gasteiger partial charge in [-0.1, -0.05) is 27.5 Å². The smallest absolute Gasteiger partial charge is 0.123 e. The molecule has 0 aliphatic heterocycles. The summed E-state index contributed by atoms with van der Waals surface area (Å²) in [6.07, 6.45) is 0. The predicted molar refractivity (Wildman–Crippen MR) is 87.2 cm³/mol. The largest absolute Gasteiger partial charge is 0.496 e. The minimum absolute atomic E-state index is 0.669. The Labute approximate surface area is 134 Å². The number of benzene rings is 2. The fraction of sp³-hybridized carbons (Fsp3) is 0.143. The van der Waals surface area contributed by atoms with E-state index in [0.717, 1.165) is 25.9 Å². The maximum absolute atomic E-state index is 5.92. The van der Waals surface area contributed by atoms with Crippen LogP contribution in [0.4, 0.5) is 5.69 Å². The molecule has 0 aliphatic carbocycles. The maximum atomic E-state index is 5.92. The van der Waals surface area contributed by atoms with Gasteiger partial charge in [-0.25, -0.2) is 0 Å². The number of ether oxygens (including phenoxy) is 1. The third kappa shape index (κ3) is 3.88. The monoisotopic (exact) mass is 403 g/mol. The Bertz CT molecular complexity index is 590. The zero-order valence-corrected chi connectivity index (χ0v) is 14.1. The van der Waals surface area contributed by atoms with E-state index in [1.807, 2.05) is 36.4 Å². The van der Waals surface area contributed by atoms with E-state index in [0.29, 0.717) is 11.6 Å². The lowest BCUT2D eigenvalue weighted by molar-refractivity contribution is 0.410. The van der Waals surface area contributed by atoms with Gasteiger partial charge in [0.2, 0.25) is 0 Å². The highest BCUT2D eigenvalue weighted by atomic mass is 79.9. The lowest BCUT2D eigenvalue weighted by Crippen LogP contribution is -2.02. The molecule has 0 spiro atoms. The fourth-order valence-electron chi connectivity index (χ4n) is 1.71. The summed E-state index contributed by atoms with van der Waals surface area (Å²) in [4.78, 5) is 0. The molecule has 0 amide bonds. The Balaban J connectivity index is 2.16. The van der Waals surface area contributed by atoms with Crippen LogP contribution in [0.2, 0.25) is 5.02 Å². The lowest BCUT2D eigenvalue weighted by Gasteiger charge is -2.12. The number of hydrogen-bond acceptors (Lipinski definition) is 2. The second-order valence-corrected chi connectivity index (χ2v) is 6.14. The molecule has 2 nitrogen and oxygen atoms in total. The van der Waals surface area contributed by atoms with E-state index < -0.39 is 0 Å².